The van der Waals surface area contributed by atoms with E-state index in [1.165, 1.54) is 11.3 Å². The van der Waals surface area contributed by atoms with Crippen LogP contribution in [-0.4, -0.2) is 18.0 Å². The fraction of sp³-hybridized carbons (Fsp3) is 0.688. The van der Waals surface area contributed by atoms with E-state index in [1.54, 1.807) is 0 Å². The number of nitrogens with one attached hydrogen (secondary N) is 1. The Morgan fingerprint density at radius 1 is 1.25 bits per heavy atom. The number of aryl methyl sites for hydroxylation is 1. The molecule has 0 aromatic carbocycles. The summed E-state index contributed by atoms with van der Waals surface area (Å²) < 4.78 is 0. The number of hydrogen-bond acceptors (Lipinski definition) is 3. The van der Waals surface area contributed by atoms with Crippen molar-refractivity contribution in [1.82, 2.24) is 5.32 Å². The molecule has 4 heteroatoms. The van der Waals surface area contributed by atoms with Gasteiger partial charge in [0.15, 0.2) is 0 Å². The Balaban J connectivity index is 1.50. The molecule has 0 unspecified atom stereocenters. The van der Waals surface area contributed by atoms with Gasteiger partial charge in [-0.3, -0.25) is 4.79 Å². The third-order valence-electron chi connectivity index (χ3n) is 4.04. The van der Waals surface area contributed by atoms with Gasteiger partial charge in [0.05, 0.1) is 0 Å². The van der Waals surface area contributed by atoms with E-state index >= 15 is 0 Å². The Hall–Kier alpha value is -0.870. The molecule has 2 rings (SSSR count). The topological polar surface area (TPSA) is 55.1 Å². The van der Waals surface area contributed by atoms with Gasteiger partial charge in [-0.05, 0) is 56.4 Å². The van der Waals surface area contributed by atoms with Crippen LogP contribution >= 0.6 is 11.3 Å². The largest absolute Gasteiger partial charge is 0.353 e. The minimum atomic E-state index is 0.224. The maximum absolute atomic E-state index is 11.8. The van der Waals surface area contributed by atoms with Crippen LogP contribution in [0.1, 0.15) is 56.2 Å². The number of carbonyl (C=O) groups excluding carboxylic acids is 1. The molecule has 1 fully saturated rings. The number of unbranched alkanes of at least 4 members (excludes halogenated alkanes) is 2. The van der Waals surface area contributed by atoms with Gasteiger partial charge in [0.1, 0.15) is 0 Å². The van der Waals surface area contributed by atoms with Gasteiger partial charge < -0.3 is 11.1 Å². The van der Waals surface area contributed by atoms with Crippen molar-refractivity contribution >= 4 is 17.2 Å². The Morgan fingerprint density at radius 3 is 2.75 bits per heavy atom. The summed E-state index contributed by atoms with van der Waals surface area (Å²) in [6, 6.07) is 5.00. The van der Waals surface area contributed by atoms with Crippen molar-refractivity contribution < 1.29 is 4.79 Å². The van der Waals surface area contributed by atoms with Gasteiger partial charge >= 0.3 is 0 Å². The first kappa shape index (κ1) is 15.5. The van der Waals surface area contributed by atoms with Gasteiger partial charge in [-0.1, -0.05) is 12.5 Å². The lowest BCUT2D eigenvalue weighted by Gasteiger charge is -2.26. The Kier molecular flexibility index (Phi) is 6.54. The van der Waals surface area contributed by atoms with Crippen LogP contribution in [0.15, 0.2) is 17.5 Å². The Morgan fingerprint density at radius 2 is 2.05 bits per heavy atom. The quantitative estimate of drug-likeness (QED) is 0.759. The highest BCUT2D eigenvalue weighted by atomic mass is 32.1. The van der Waals surface area contributed by atoms with E-state index < -0.39 is 0 Å². The van der Waals surface area contributed by atoms with Crippen LogP contribution < -0.4 is 11.1 Å². The van der Waals surface area contributed by atoms with Gasteiger partial charge in [0, 0.05) is 23.4 Å². The van der Waals surface area contributed by atoms with Crippen molar-refractivity contribution in [3.8, 4) is 0 Å². The van der Waals surface area contributed by atoms with Gasteiger partial charge in [-0.15, -0.1) is 11.3 Å². The molecule has 0 bridgehead atoms. The molecule has 0 radical (unpaired) electrons. The third kappa shape index (κ3) is 5.63. The summed E-state index contributed by atoms with van der Waals surface area (Å²) in [5.74, 6) is 0.224. The van der Waals surface area contributed by atoms with Crippen LogP contribution in [0, 0.1) is 0 Å². The summed E-state index contributed by atoms with van der Waals surface area (Å²) in [6.45, 7) is 0. The highest BCUT2D eigenvalue weighted by Gasteiger charge is 2.19. The fourth-order valence-electron chi connectivity index (χ4n) is 2.78. The first-order valence-electron chi connectivity index (χ1n) is 7.81. The summed E-state index contributed by atoms with van der Waals surface area (Å²) in [6.07, 6.45) is 9.34. The summed E-state index contributed by atoms with van der Waals surface area (Å²) in [7, 11) is 0. The highest BCUT2D eigenvalue weighted by Crippen LogP contribution is 2.17. The molecule has 0 aliphatic heterocycles. The second-order valence-corrected chi connectivity index (χ2v) is 6.85. The van der Waals surface area contributed by atoms with E-state index in [4.69, 9.17) is 5.73 Å². The van der Waals surface area contributed by atoms with Crippen LogP contribution in [0.25, 0.3) is 0 Å². The normalized spacial score (nSPS) is 22.6. The molecule has 3 nitrogen and oxygen atoms in total. The Bertz CT molecular complexity index is 383. The van der Waals surface area contributed by atoms with Crippen LogP contribution in [0.3, 0.4) is 0 Å². The van der Waals surface area contributed by atoms with E-state index in [0.717, 1.165) is 44.9 Å². The molecule has 0 saturated heterocycles. The van der Waals surface area contributed by atoms with E-state index in [-0.39, 0.29) is 5.91 Å². The van der Waals surface area contributed by atoms with E-state index in [1.807, 2.05) is 11.3 Å². The molecule has 0 atom stereocenters. The minimum Gasteiger partial charge on any atom is -0.353 e. The van der Waals surface area contributed by atoms with Crippen LogP contribution in [0.5, 0.6) is 0 Å². The molecule has 0 spiro atoms. The molecule has 20 heavy (non-hydrogen) atoms. The molecule has 1 amide bonds. The summed E-state index contributed by atoms with van der Waals surface area (Å²) >= 11 is 1.82. The number of nitrogens with two attached hydrogens (primary N) is 1. The minimum absolute atomic E-state index is 0.224. The third-order valence-corrected chi connectivity index (χ3v) is 4.98. The average Bonchev–Trinajstić information content (AvgIpc) is 2.94. The van der Waals surface area contributed by atoms with E-state index in [2.05, 4.69) is 22.8 Å². The van der Waals surface area contributed by atoms with Gasteiger partial charge in [0.25, 0.3) is 0 Å². The van der Waals surface area contributed by atoms with E-state index in [0.29, 0.717) is 18.5 Å². The van der Waals surface area contributed by atoms with Crippen molar-refractivity contribution in [2.45, 2.75) is 69.9 Å². The first-order chi connectivity index (χ1) is 9.74. The molecule has 1 aromatic rings. The maximum atomic E-state index is 11.8. The molecule has 1 heterocycles. The molecular formula is C16H26N2OS. The second kappa shape index (κ2) is 8.42. The standard InChI is InChI=1S/C16H26N2OS/c17-13-8-10-14(11-9-13)18-16(19)7-3-1-2-5-15-6-4-12-20-15/h4,6,12-14H,1-3,5,7-11,17H2,(H,18,19). The lowest BCUT2D eigenvalue weighted by atomic mass is 9.92. The van der Waals surface area contributed by atoms with Crippen LogP contribution in [0.4, 0.5) is 0 Å². The lowest BCUT2D eigenvalue weighted by molar-refractivity contribution is -0.122. The first-order valence-corrected chi connectivity index (χ1v) is 8.69. The summed E-state index contributed by atoms with van der Waals surface area (Å²) in [5.41, 5.74) is 5.87. The zero-order valence-corrected chi connectivity index (χ0v) is 13.0. The number of hydrogen-bond donors (Lipinski definition) is 2. The number of rotatable bonds is 7. The van der Waals surface area contributed by atoms with Crippen molar-refractivity contribution in [2.75, 3.05) is 0 Å². The molecular weight excluding hydrogens is 268 g/mol. The SMILES string of the molecule is NC1CCC(NC(=O)CCCCCc2cccs2)CC1. The highest BCUT2D eigenvalue weighted by molar-refractivity contribution is 7.09. The van der Waals surface area contributed by atoms with Crippen LogP contribution in [0.2, 0.25) is 0 Å². The number of amides is 1. The predicted molar refractivity (Wildman–Crippen MR) is 84.9 cm³/mol. The lowest BCUT2D eigenvalue weighted by Crippen LogP contribution is -2.40. The predicted octanol–water partition coefficient (Wildman–Crippen LogP) is 3.24. The molecule has 1 aliphatic carbocycles. The zero-order valence-electron chi connectivity index (χ0n) is 12.1. The molecule has 1 aliphatic rings. The Labute approximate surface area is 125 Å². The zero-order chi connectivity index (χ0) is 14.2. The smallest absolute Gasteiger partial charge is 0.220 e. The van der Waals surface area contributed by atoms with Crippen LogP contribution in [-0.2, 0) is 11.2 Å². The monoisotopic (exact) mass is 294 g/mol. The summed E-state index contributed by atoms with van der Waals surface area (Å²) in [4.78, 5) is 13.3. The second-order valence-electron chi connectivity index (χ2n) is 5.82. The van der Waals surface area contributed by atoms with E-state index in [9.17, 15) is 4.79 Å². The average molecular weight is 294 g/mol. The molecule has 112 valence electrons. The van der Waals surface area contributed by atoms with Gasteiger partial charge in [-0.2, -0.15) is 0 Å². The maximum Gasteiger partial charge on any atom is 0.220 e. The number of carbonyl (C=O) groups is 1. The van der Waals surface area contributed by atoms with Gasteiger partial charge in [0.2, 0.25) is 5.91 Å². The molecule has 1 saturated carbocycles. The van der Waals surface area contributed by atoms with Crippen molar-refractivity contribution in [3.63, 3.8) is 0 Å². The summed E-state index contributed by atoms with van der Waals surface area (Å²) in [5, 5.41) is 5.28. The van der Waals surface area contributed by atoms with Gasteiger partial charge in [-0.25, -0.2) is 0 Å². The molecule has 1 aromatic heterocycles. The van der Waals surface area contributed by atoms with Crippen molar-refractivity contribution in [2.24, 2.45) is 5.73 Å². The fourth-order valence-corrected chi connectivity index (χ4v) is 3.53. The van der Waals surface area contributed by atoms with Crippen molar-refractivity contribution in [1.29, 1.82) is 0 Å². The van der Waals surface area contributed by atoms with Crippen molar-refractivity contribution in [3.05, 3.63) is 22.4 Å². The molecule has 3 N–H and O–H groups in total. The number of thiophene rings is 1.